The van der Waals surface area contributed by atoms with Crippen molar-refractivity contribution >= 4 is 31.7 Å². The van der Waals surface area contributed by atoms with Crippen LogP contribution in [0.15, 0.2) is 48.5 Å². The number of hydrogen-bond donors (Lipinski definition) is 0. The van der Waals surface area contributed by atoms with E-state index in [-0.39, 0.29) is 36.0 Å². The molecule has 9 heteroatoms. The highest BCUT2D eigenvalue weighted by Gasteiger charge is 2.36. The maximum atomic E-state index is 12.6. The van der Waals surface area contributed by atoms with Gasteiger partial charge in [-0.1, -0.05) is 62.3 Å². The van der Waals surface area contributed by atoms with Gasteiger partial charge >= 0.3 is 0 Å². The molecule has 0 bridgehead atoms. The fraction of sp³-hybridized carbons (Fsp3) is 0.500. The summed E-state index contributed by atoms with van der Waals surface area (Å²) >= 11 is 0. The van der Waals surface area contributed by atoms with Crippen LogP contribution in [0.25, 0.3) is 0 Å². The van der Waals surface area contributed by atoms with E-state index in [0.29, 0.717) is 35.3 Å². The third-order valence-corrected chi connectivity index (χ3v) is 11.9. The molecular weight excluding hydrogens is 554 g/mol. The maximum Gasteiger partial charge on any atom is 0.261 e. The molecule has 222 valence electrons. The van der Waals surface area contributed by atoms with Gasteiger partial charge in [0.15, 0.2) is 0 Å². The molecule has 7 nitrogen and oxygen atoms in total. The number of rotatable bonds is 15. The lowest BCUT2D eigenvalue weighted by atomic mass is 10.1. The van der Waals surface area contributed by atoms with E-state index < -0.39 is 8.07 Å². The predicted molar refractivity (Wildman–Crippen MR) is 160 cm³/mol. The fourth-order valence-corrected chi connectivity index (χ4v) is 8.56. The summed E-state index contributed by atoms with van der Waals surface area (Å²) in [7, 11) is 3.08. The Hall–Kier alpha value is -2.81. The van der Waals surface area contributed by atoms with E-state index in [2.05, 4.69) is 27.2 Å². The minimum atomic E-state index is -1.37. The zero-order valence-corrected chi connectivity index (χ0v) is 26.7. The third-order valence-electron chi connectivity index (χ3n) is 8.50. The average molecular weight is 598 g/mol. The van der Waals surface area contributed by atoms with Gasteiger partial charge in [0.2, 0.25) is 0 Å². The van der Waals surface area contributed by atoms with Gasteiger partial charge in [-0.15, -0.1) is 0 Å². The second-order valence-corrected chi connectivity index (χ2v) is 18.1. The lowest BCUT2D eigenvalue weighted by molar-refractivity contribution is -0.890. The Morgan fingerprint density at radius 1 is 0.561 bits per heavy atom. The highest BCUT2D eigenvalue weighted by molar-refractivity contribution is 6.77. The molecule has 0 N–H and O–H groups in total. The van der Waals surface area contributed by atoms with Crippen molar-refractivity contribution in [2.75, 3.05) is 40.3 Å². The van der Waals surface area contributed by atoms with Gasteiger partial charge < -0.3 is 16.9 Å². The Morgan fingerprint density at radius 2 is 0.927 bits per heavy atom. The van der Waals surface area contributed by atoms with Crippen molar-refractivity contribution in [3.63, 3.8) is 0 Å². The first-order chi connectivity index (χ1) is 19.0. The Morgan fingerprint density at radius 3 is 1.39 bits per heavy atom. The van der Waals surface area contributed by atoms with Crippen molar-refractivity contribution < 1.29 is 36.1 Å². The first kappa shape index (κ1) is 32.7. The van der Waals surface area contributed by atoms with E-state index in [0.717, 1.165) is 36.5 Å². The van der Waals surface area contributed by atoms with Crippen LogP contribution in [0, 0.1) is 0 Å². The van der Waals surface area contributed by atoms with E-state index in [4.69, 9.17) is 0 Å². The molecule has 0 atom stereocenters. The summed E-state index contributed by atoms with van der Waals surface area (Å²) in [6.45, 7) is 7.85. The summed E-state index contributed by atoms with van der Waals surface area (Å²) in [5.74, 6) is -0.628. The maximum absolute atomic E-state index is 12.6. The van der Waals surface area contributed by atoms with Crippen molar-refractivity contribution in [1.29, 1.82) is 0 Å². The molecule has 0 aromatic heterocycles. The van der Waals surface area contributed by atoms with Gasteiger partial charge in [-0.3, -0.25) is 29.0 Å². The molecule has 0 fully saturated rings. The van der Waals surface area contributed by atoms with Crippen LogP contribution in [-0.4, -0.2) is 86.3 Å². The topological polar surface area (TPSA) is 74.8 Å². The molecular formula is C32H44ClN3O4Si. The summed E-state index contributed by atoms with van der Waals surface area (Å²) in [6, 6.07) is 16.6. The monoisotopic (exact) mass is 597 g/mol. The lowest BCUT2D eigenvalue weighted by Crippen LogP contribution is -3.00. The zero-order chi connectivity index (χ0) is 28.9. The van der Waals surface area contributed by atoms with Crippen LogP contribution >= 0.6 is 0 Å². The zero-order valence-electron chi connectivity index (χ0n) is 25.0. The number of carbonyl (C=O) groups excluding carboxylic acids is 4. The molecule has 41 heavy (non-hydrogen) atoms. The Labute approximate surface area is 251 Å². The molecule has 2 aliphatic rings. The number of halogens is 1. The van der Waals surface area contributed by atoms with Crippen LogP contribution in [0.5, 0.6) is 0 Å². The summed E-state index contributed by atoms with van der Waals surface area (Å²) in [4.78, 5) is 53.1. The number of carbonyl (C=O) groups is 4. The predicted octanol–water partition coefficient (Wildman–Crippen LogP) is 2.71. The second kappa shape index (κ2) is 13.9. The number of amides is 4. The van der Waals surface area contributed by atoms with E-state index >= 15 is 0 Å². The Kier molecular flexibility index (Phi) is 11.1. The van der Waals surface area contributed by atoms with Crippen LogP contribution in [0.3, 0.4) is 0 Å². The van der Waals surface area contributed by atoms with Crippen LogP contribution in [-0.2, 0) is 0 Å². The first-order valence-electron chi connectivity index (χ1n) is 14.7. The molecule has 4 amide bonds. The number of benzene rings is 2. The van der Waals surface area contributed by atoms with Gasteiger partial charge in [0.25, 0.3) is 23.6 Å². The molecule has 0 unspecified atom stereocenters. The molecule has 2 aromatic carbocycles. The number of unbranched alkanes of at least 4 members (excludes halogenated alkanes) is 3. The minimum absolute atomic E-state index is 0. The van der Waals surface area contributed by atoms with Crippen molar-refractivity contribution in [2.24, 2.45) is 0 Å². The van der Waals surface area contributed by atoms with Gasteiger partial charge in [0.1, 0.15) is 0 Å². The number of fused-ring (bicyclic) bond motifs is 2. The van der Waals surface area contributed by atoms with Crippen molar-refractivity contribution in [1.82, 2.24) is 9.80 Å². The number of imide groups is 2. The van der Waals surface area contributed by atoms with Crippen LogP contribution in [0.2, 0.25) is 25.2 Å². The van der Waals surface area contributed by atoms with Gasteiger partial charge in [-0.2, -0.15) is 0 Å². The highest BCUT2D eigenvalue weighted by atomic mass is 35.5. The molecule has 2 heterocycles. The summed E-state index contributed by atoms with van der Waals surface area (Å²) in [5, 5.41) is 0. The van der Waals surface area contributed by atoms with Gasteiger partial charge in [0, 0.05) is 27.6 Å². The smallest absolute Gasteiger partial charge is 0.261 e. The molecule has 0 saturated heterocycles. The SMILES string of the molecule is C[N+](C)(CCCCCC[Si](C)(C)CCCN1C(=O)c2ccccc2C1=O)CCCN1C(=O)c2ccccc2C1=O.[Cl-]. The summed E-state index contributed by atoms with van der Waals surface area (Å²) in [6.07, 6.45) is 6.53. The van der Waals surface area contributed by atoms with E-state index in [9.17, 15) is 19.2 Å². The van der Waals surface area contributed by atoms with Crippen molar-refractivity contribution in [2.45, 2.75) is 63.7 Å². The van der Waals surface area contributed by atoms with Crippen LogP contribution < -0.4 is 12.4 Å². The van der Waals surface area contributed by atoms with Gasteiger partial charge in [0.05, 0.1) is 49.4 Å². The van der Waals surface area contributed by atoms with Crippen molar-refractivity contribution in [3.05, 3.63) is 70.8 Å². The largest absolute Gasteiger partial charge is 1.00 e. The molecule has 2 aliphatic heterocycles. The lowest BCUT2D eigenvalue weighted by Gasteiger charge is -2.30. The van der Waals surface area contributed by atoms with Gasteiger partial charge in [-0.25, -0.2) is 0 Å². The Balaban J connectivity index is 0.00000462. The van der Waals surface area contributed by atoms with Crippen molar-refractivity contribution in [3.8, 4) is 0 Å². The van der Waals surface area contributed by atoms with Crippen LogP contribution in [0.4, 0.5) is 0 Å². The van der Waals surface area contributed by atoms with E-state index in [1.807, 2.05) is 12.1 Å². The summed E-state index contributed by atoms with van der Waals surface area (Å²) in [5.41, 5.74) is 2.12. The molecule has 4 rings (SSSR count). The van der Waals surface area contributed by atoms with E-state index in [1.54, 1.807) is 36.4 Å². The van der Waals surface area contributed by atoms with Crippen LogP contribution in [0.1, 0.15) is 80.0 Å². The number of quaternary nitrogens is 1. The second-order valence-electron chi connectivity index (χ2n) is 12.8. The molecule has 0 aliphatic carbocycles. The Bertz CT molecular complexity index is 1110. The number of hydrogen-bond acceptors (Lipinski definition) is 4. The van der Waals surface area contributed by atoms with E-state index in [1.165, 1.54) is 41.5 Å². The molecule has 0 saturated carbocycles. The quantitative estimate of drug-likeness (QED) is 0.137. The van der Waals surface area contributed by atoms with Gasteiger partial charge in [-0.05, 0) is 43.5 Å². The normalized spacial score (nSPS) is 14.9. The molecule has 2 aromatic rings. The summed E-state index contributed by atoms with van der Waals surface area (Å²) < 4.78 is 0.890. The fourth-order valence-electron chi connectivity index (χ4n) is 5.99. The minimum Gasteiger partial charge on any atom is -1.00 e. The highest BCUT2D eigenvalue weighted by Crippen LogP contribution is 2.26. The average Bonchev–Trinajstić information content (AvgIpc) is 3.31. The molecule has 0 spiro atoms. The standard InChI is InChI=1S/C32H44N3O4Si.ClH/c1-35(2,22-13-19-33-29(36)25-15-7-8-16-26(25)30(33)37)21-11-5-6-12-23-40(3,4)24-14-20-34-31(38)27-17-9-10-18-28(27)32(34)39;/h7-10,15-18H,5-6,11-14,19-24H2,1-4H3;1H/q+1;/p-1. The molecule has 0 radical (unpaired) electrons. The first-order valence-corrected chi connectivity index (χ1v) is 18.1. The number of nitrogens with zero attached hydrogens (tertiary/aromatic N) is 3. The third kappa shape index (κ3) is 7.93.